The average Bonchev–Trinajstić information content (AvgIpc) is 3.68. The van der Waals surface area contributed by atoms with Crippen LogP contribution >= 0.6 is 0 Å². The molecule has 42 heavy (non-hydrogen) atoms. The van der Waals surface area contributed by atoms with E-state index in [1.807, 2.05) is 66.7 Å². The van der Waals surface area contributed by atoms with Gasteiger partial charge in [0.2, 0.25) is 6.79 Å². The van der Waals surface area contributed by atoms with E-state index in [0.717, 1.165) is 47.7 Å². The monoisotopic (exact) mass is 564 g/mol. The Kier molecular flexibility index (Phi) is 6.72. The number of pyridine rings is 1. The summed E-state index contributed by atoms with van der Waals surface area (Å²) in [4.78, 5) is 20.9. The minimum absolute atomic E-state index is 0.0500. The number of para-hydroxylation sites is 1. The van der Waals surface area contributed by atoms with Crippen LogP contribution in [0.4, 0.5) is 17.2 Å². The Labute approximate surface area is 241 Å². The zero-order valence-corrected chi connectivity index (χ0v) is 22.7. The summed E-state index contributed by atoms with van der Waals surface area (Å²) in [7, 11) is 0. The van der Waals surface area contributed by atoms with E-state index in [2.05, 4.69) is 36.5 Å². The number of nitrogens with one attached hydrogen (secondary N) is 1. The number of nitro benzene ring substituents is 1. The van der Waals surface area contributed by atoms with Crippen LogP contribution in [0.1, 0.15) is 17.3 Å². The lowest BCUT2D eigenvalue weighted by atomic mass is 10.1. The quantitative estimate of drug-likeness (QED) is 0.214. The Morgan fingerprint density at radius 2 is 1.76 bits per heavy atom. The molecule has 0 bridgehead atoms. The van der Waals surface area contributed by atoms with Crippen molar-refractivity contribution in [2.45, 2.75) is 12.7 Å². The molecule has 12 heteroatoms. The summed E-state index contributed by atoms with van der Waals surface area (Å²) in [6.07, 6.45) is 1.12. The third kappa shape index (κ3) is 5.03. The average molecular weight is 565 g/mol. The fourth-order valence-electron chi connectivity index (χ4n) is 5.52. The van der Waals surface area contributed by atoms with Gasteiger partial charge in [0.25, 0.3) is 5.69 Å². The largest absolute Gasteiger partial charge is 0.454 e. The molecule has 12 nitrogen and oxygen atoms in total. The Morgan fingerprint density at radius 3 is 2.60 bits per heavy atom. The minimum atomic E-state index is -0.571. The fraction of sp³-hybridized carbons (Fsp3) is 0.233. The predicted octanol–water partition coefficient (Wildman–Crippen LogP) is 4.44. The van der Waals surface area contributed by atoms with Crippen molar-refractivity contribution in [3.8, 4) is 11.5 Å². The van der Waals surface area contributed by atoms with Crippen LogP contribution in [0.15, 0.2) is 85.1 Å². The van der Waals surface area contributed by atoms with E-state index in [-0.39, 0.29) is 17.4 Å². The first kappa shape index (κ1) is 25.7. The van der Waals surface area contributed by atoms with Gasteiger partial charge in [-0.25, -0.2) is 9.67 Å². The maximum atomic E-state index is 12.4. The first-order chi connectivity index (χ1) is 20.6. The molecule has 2 aliphatic heterocycles. The highest BCUT2D eigenvalue weighted by molar-refractivity contribution is 5.74. The highest BCUT2D eigenvalue weighted by Crippen LogP contribution is 2.35. The summed E-state index contributed by atoms with van der Waals surface area (Å²) in [5.74, 6) is 2.16. The topological polar surface area (TPSA) is 124 Å². The molecular formula is C30H28N8O4. The summed E-state index contributed by atoms with van der Waals surface area (Å²) in [6, 6.07) is 24.6. The Bertz CT molecular complexity index is 1740. The van der Waals surface area contributed by atoms with Crippen molar-refractivity contribution < 1.29 is 14.4 Å². The normalized spacial score (nSPS) is 15.6. The first-order valence-corrected chi connectivity index (χ1v) is 13.7. The zero-order chi connectivity index (χ0) is 28.5. The van der Waals surface area contributed by atoms with Crippen LogP contribution in [0.2, 0.25) is 0 Å². The third-order valence-corrected chi connectivity index (χ3v) is 7.64. The van der Waals surface area contributed by atoms with E-state index < -0.39 is 6.17 Å². The summed E-state index contributed by atoms with van der Waals surface area (Å²) in [6.45, 7) is 3.94. The number of aromatic nitrogens is 4. The van der Waals surface area contributed by atoms with Gasteiger partial charge >= 0.3 is 0 Å². The summed E-state index contributed by atoms with van der Waals surface area (Å²) in [5, 5.41) is 24.5. The van der Waals surface area contributed by atoms with Gasteiger partial charge in [0.05, 0.1) is 10.4 Å². The molecule has 0 radical (unpaired) electrons. The molecule has 1 atom stereocenters. The molecule has 7 rings (SSSR count). The predicted molar refractivity (Wildman–Crippen MR) is 157 cm³/mol. The number of piperazine rings is 1. The number of benzene rings is 3. The Hall–Kier alpha value is -5.23. The summed E-state index contributed by atoms with van der Waals surface area (Å²) >= 11 is 0. The molecular weight excluding hydrogens is 536 g/mol. The van der Waals surface area contributed by atoms with E-state index in [1.165, 1.54) is 0 Å². The molecule has 0 aliphatic carbocycles. The van der Waals surface area contributed by atoms with E-state index in [1.54, 1.807) is 16.9 Å². The number of hydrogen-bond donors (Lipinski definition) is 1. The maximum absolute atomic E-state index is 12.4. The van der Waals surface area contributed by atoms with Crippen LogP contribution in [0.5, 0.6) is 11.5 Å². The van der Waals surface area contributed by atoms with Crippen molar-refractivity contribution in [2.24, 2.45) is 0 Å². The van der Waals surface area contributed by atoms with Gasteiger partial charge in [-0.2, -0.15) is 0 Å². The summed E-state index contributed by atoms with van der Waals surface area (Å²) < 4.78 is 12.7. The molecule has 1 fully saturated rings. The molecule has 1 N–H and O–H groups in total. The van der Waals surface area contributed by atoms with Crippen molar-refractivity contribution in [1.82, 2.24) is 24.9 Å². The van der Waals surface area contributed by atoms with E-state index in [9.17, 15) is 10.1 Å². The number of fused-ring (bicyclic) bond motifs is 2. The van der Waals surface area contributed by atoms with Crippen LogP contribution in [-0.2, 0) is 6.54 Å². The molecule has 3 aromatic carbocycles. The lowest BCUT2D eigenvalue weighted by Gasteiger charge is -2.36. The van der Waals surface area contributed by atoms with Crippen molar-refractivity contribution in [3.63, 3.8) is 0 Å². The van der Waals surface area contributed by atoms with Gasteiger partial charge in [0.1, 0.15) is 23.2 Å². The van der Waals surface area contributed by atoms with Crippen molar-refractivity contribution >= 4 is 28.2 Å². The van der Waals surface area contributed by atoms with Gasteiger partial charge in [-0.1, -0.05) is 35.5 Å². The Morgan fingerprint density at radius 1 is 0.929 bits per heavy atom. The van der Waals surface area contributed by atoms with Crippen LogP contribution in [0, 0.1) is 10.1 Å². The maximum Gasteiger partial charge on any atom is 0.292 e. The van der Waals surface area contributed by atoms with Crippen molar-refractivity contribution in [3.05, 3.63) is 106 Å². The number of rotatable bonds is 8. The number of ether oxygens (including phenoxy) is 2. The highest BCUT2D eigenvalue weighted by atomic mass is 16.7. The molecule has 212 valence electrons. The van der Waals surface area contributed by atoms with Crippen LogP contribution in [-0.4, -0.2) is 62.8 Å². The molecule has 0 amide bonds. The minimum Gasteiger partial charge on any atom is -0.454 e. The number of nitrogens with zero attached hydrogens (tertiary/aromatic N) is 7. The van der Waals surface area contributed by atoms with Gasteiger partial charge in [0, 0.05) is 50.6 Å². The molecule has 1 saturated heterocycles. The number of anilines is 2. The highest BCUT2D eigenvalue weighted by Gasteiger charge is 2.27. The van der Waals surface area contributed by atoms with Crippen LogP contribution in [0.25, 0.3) is 11.0 Å². The smallest absolute Gasteiger partial charge is 0.292 e. The second kappa shape index (κ2) is 11.0. The van der Waals surface area contributed by atoms with Crippen LogP contribution in [0.3, 0.4) is 0 Å². The van der Waals surface area contributed by atoms with Crippen LogP contribution < -0.4 is 19.7 Å². The SMILES string of the molecule is O=[N+]([O-])c1cc([C@H](Nc2ccccn2)n2nnc3ccccc32)ccc1N1CCN(Cc2ccc3c(c2)OCO3)CC1. The molecule has 0 unspecified atom stereocenters. The molecule has 2 aliphatic rings. The lowest BCUT2D eigenvalue weighted by molar-refractivity contribution is -0.384. The van der Waals surface area contributed by atoms with Gasteiger partial charge in [-0.15, -0.1) is 5.10 Å². The van der Waals surface area contributed by atoms with E-state index in [4.69, 9.17) is 9.47 Å². The second-order valence-electron chi connectivity index (χ2n) is 10.2. The molecule has 0 spiro atoms. The van der Waals surface area contributed by atoms with Gasteiger partial charge in [-0.05, 0) is 48.0 Å². The number of hydrogen-bond acceptors (Lipinski definition) is 10. The lowest BCUT2D eigenvalue weighted by Crippen LogP contribution is -2.46. The standard InChI is InChI=1S/C30H28N8O4/c39-38(40)26-18-22(30(32-29-7-3-4-12-31-29)37-24-6-2-1-5-23(24)33-34-37)9-10-25(26)36-15-13-35(14-16-36)19-21-8-11-27-28(17-21)42-20-41-27/h1-12,17-18,30H,13-16,19-20H2,(H,31,32)/t30-/m1/s1. The molecule has 0 saturated carbocycles. The van der Waals surface area contributed by atoms with Gasteiger partial charge < -0.3 is 19.7 Å². The molecule has 2 aromatic heterocycles. The van der Waals surface area contributed by atoms with Crippen molar-refractivity contribution in [1.29, 1.82) is 0 Å². The van der Waals surface area contributed by atoms with E-state index >= 15 is 0 Å². The fourth-order valence-corrected chi connectivity index (χ4v) is 5.52. The second-order valence-corrected chi connectivity index (χ2v) is 10.2. The zero-order valence-electron chi connectivity index (χ0n) is 22.7. The number of nitro groups is 1. The first-order valence-electron chi connectivity index (χ1n) is 13.7. The van der Waals surface area contributed by atoms with Crippen molar-refractivity contribution in [2.75, 3.05) is 43.2 Å². The Balaban J connectivity index is 1.14. The summed E-state index contributed by atoms with van der Waals surface area (Å²) in [5.41, 5.74) is 4.01. The molecule has 4 heterocycles. The third-order valence-electron chi connectivity index (χ3n) is 7.64. The van der Waals surface area contributed by atoms with Gasteiger partial charge in [0.15, 0.2) is 11.5 Å². The molecule has 5 aromatic rings. The van der Waals surface area contributed by atoms with Gasteiger partial charge in [-0.3, -0.25) is 15.0 Å². The van der Waals surface area contributed by atoms with E-state index in [0.29, 0.717) is 30.2 Å².